The average Bonchev–Trinajstić information content (AvgIpc) is 2.52. The van der Waals surface area contributed by atoms with Gasteiger partial charge >= 0.3 is 0 Å². The van der Waals surface area contributed by atoms with Crippen molar-refractivity contribution in [3.8, 4) is 11.3 Å². The summed E-state index contributed by atoms with van der Waals surface area (Å²) in [7, 11) is 0. The van der Waals surface area contributed by atoms with Crippen LogP contribution in [0, 0.1) is 13.8 Å². The van der Waals surface area contributed by atoms with Crippen LogP contribution >= 0.6 is 0 Å². The lowest BCUT2D eigenvalue weighted by Gasteiger charge is -2.04. The van der Waals surface area contributed by atoms with Crippen LogP contribution in [-0.4, -0.2) is 19.7 Å². The van der Waals surface area contributed by atoms with Gasteiger partial charge in [-0.15, -0.1) is 0 Å². The standard InChI is InChI=1S/C11H16N6/c1-4-17-7(3)10(6(2)16-17)8-5-9(12)15-11(13)14-8/h5H,4H2,1-3H3,(H4,12,13,14,15). The number of hydrogen-bond acceptors (Lipinski definition) is 5. The highest BCUT2D eigenvalue weighted by molar-refractivity contribution is 5.67. The molecule has 0 saturated carbocycles. The Morgan fingerprint density at radius 1 is 1.24 bits per heavy atom. The maximum atomic E-state index is 5.68. The molecule has 2 aromatic heterocycles. The van der Waals surface area contributed by atoms with Gasteiger partial charge in [0.15, 0.2) is 0 Å². The van der Waals surface area contributed by atoms with Crippen molar-refractivity contribution in [1.29, 1.82) is 0 Å². The van der Waals surface area contributed by atoms with Crippen LogP contribution in [-0.2, 0) is 6.54 Å². The zero-order chi connectivity index (χ0) is 12.6. The number of nitrogens with zero attached hydrogens (tertiary/aromatic N) is 4. The highest BCUT2D eigenvalue weighted by Gasteiger charge is 2.14. The van der Waals surface area contributed by atoms with Gasteiger partial charge in [-0.25, -0.2) is 4.98 Å². The first kappa shape index (κ1) is 11.4. The Morgan fingerprint density at radius 2 is 1.94 bits per heavy atom. The normalized spacial score (nSPS) is 10.8. The quantitative estimate of drug-likeness (QED) is 0.809. The van der Waals surface area contributed by atoms with Gasteiger partial charge in [0.1, 0.15) is 5.82 Å². The first-order chi connectivity index (χ1) is 8.02. The third-order valence-electron chi connectivity index (χ3n) is 2.70. The largest absolute Gasteiger partial charge is 0.384 e. The number of hydrogen-bond donors (Lipinski definition) is 2. The van der Waals surface area contributed by atoms with E-state index >= 15 is 0 Å². The number of aryl methyl sites for hydroxylation is 2. The molecule has 0 radical (unpaired) electrons. The Kier molecular flexibility index (Phi) is 2.71. The van der Waals surface area contributed by atoms with E-state index in [-0.39, 0.29) is 5.95 Å². The monoisotopic (exact) mass is 232 g/mol. The summed E-state index contributed by atoms with van der Waals surface area (Å²) in [6.45, 7) is 6.82. The second-order valence-corrected chi connectivity index (χ2v) is 3.90. The maximum Gasteiger partial charge on any atom is 0.222 e. The fraction of sp³-hybridized carbons (Fsp3) is 0.364. The van der Waals surface area contributed by atoms with E-state index in [4.69, 9.17) is 11.5 Å². The minimum atomic E-state index is 0.183. The van der Waals surface area contributed by atoms with Crippen molar-refractivity contribution in [2.45, 2.75) is 27.3 Å². The SMILES string of the molecule is CCn1nc(C)c(-c2cc(N)nc(N)n2)c1C. The first-order valence-corrected chi connectivity index (χ1v) is 5.47. The van der Waals surface area contributed by atoms with Gasteiger partial charge in [-0.05, 0) is 20.8 Å². The number of rotatable bonds is 2. The third kappa shape index (κ3) is 1.93. The van der Waals surface area contributed by atoms with Crippen LogP contribution in [0.1, 0.15) is 18.3 Å². The van der Waals surface area contributed by atoms with Crippen LogP contribution in [0.4, 0.5) is 11.8 Å². The molecule has 0 aliphatic carbocycles. The summed E-state index contributed by atoms with van der Waals surface area (Å²) in [5.74, 6) is 0.554. The molecule has 0 fully saturated rings. The smallest absolute Gasteiger partial charge is 0.222 e. The second kappa shape index (κ2) is 4.04. The molecule has 0 spiro atoms. The first-order valence-electron chi connectivity index (χ1n) is 5.47. The van der Waals surface area contributed by atoms with Gasteiger partial charge in [0.05, 0.1) is 11.4 Å². The van der Waals surface area contributed by atoms with E-state index < -0.39 is 0 Å². The lowest BCUT2D eigenvalue weighted by Crippen LogP contribution is -2.02. The Labute approximate surface area is 99.7 Å². The van der Waals surface area contributed by atoms with Crippen molar-refractivity contribution in [3.05, 3.63) is 17.5 Å². The minimum Gasteiger partial charge on any atom is -0.384 e. The Morgan fingerprint density at radius 3 is 2.47 bits per heavy atom. The fourth-order valence-corrected chi connectivity index (χ4v) is 1.99. The fourth-order valence-electron chi connectivity index (χ4n) is 1.99. The van der Waals surface area contributed by atoms with Crippen molar-refractivity contribution in [1.82, 2.24) is 19.7 Å². The molecule has 2 aromatic rings. The average molecular weight is 232 g/mol. The number of nitrogen functional groups attached to an aromatic ring is 2. The number of anilines is 2. The Balaban J connectivity index is 2.63. The number of nitrogens with two attached hydrogens (primary N) is 2. The molecule has 0 saturated heterocycles. The van der Waals surface area contributed by atoms with E-state index in [1.54, 1.807) is 6.07 Å². The molecule has 17 heavy (non-hydrogen) atoms. The molecule has 0 amide bonds. The molecular weight excluding hydrogens is 216 g/mol. The zero-order valence-electron chi connectivity index (χ0n) is 10.2. The molecule has 2 rings (SSSR count). The minimum absolute atomic E-state index is 0.183. The van der Waals surface area contributed by atoms with Crippen molar-refractivity contribution < 1.29 is 0 Å². The van der Waals surface area contributed by atoms with Crippen molar-refractivity contribution in [2.24, 2.45) is 0 Å². The van der Waals surface area contributed by atoms with Gasteiger partial charge in [0.25, 0.3) is 0 Å². The summed E-state index contributed by atoms with van der Waals surface area (Å²) in [5, 5.41) is 4.44. The zero-order valence-corrected chi connectivity index (χ0v) is 10.2. The number of aromatic nitrogens is 4. The lowest BCUT2D eigenvalue weighted by molar-refractivity contribution is 0.634. The van der Waals surface area contributed by atoms with E-state index in [9.17, 15) is 0 Å². The van der Waals surface area contributed by atoms with Gasteiger partial charge in [0, 0.05) is 23.9 Å². The molecule has 0 aliphatic heterocycles. The van der Waals surface area contributed by atoms with E-state index in [1.165, 1.54) is 0 Å². The predicted molar refractivity (Wildman–Crippen MR) is 67.2 cm³/mol. The Hall–Kier alpha value is -2.11. The third-order valence-corrected chi connectivity index (χ3v) is 2.70. The van der Waals surface area contributed by atoms with Crippen LogP contribution in [0.3, 0.4) is 0 Å². The molecule has 6 heteroatoms. The van der Waals surface area contributed by atoms with Crippen LogP contribution in [0.2, 0.25) is 0 Å². The Bertz CT molecular complexity index is 537. The van der Waals surface area contributed by atoms with Gasteiger partial charge in [0.2, 0.25) is 5.95 Å². The van der Waals surface area contributed by atoms with Crippen molar-refractivity contribution >= 4 is 11.8 Å². The summed E-state index contributed by atoms with van der Waals surface area (Å²) in [5.41, 5.74) is 15.0. The maximum absolute atomic E-state index is 5.68. The topological polar surface area (TPSA) is 95.6 Å². The van der Waals surface area contributed by atoms with E-state index in [0.29, 0.717) is 5.82 Å². The van der Waals surface area contributed by atoms with Gasteiger partial charge in [-0.2, -0.15) is 10.1 Å². The summed E-state index contributed by atoms with van der Waals surface area (Å²) in [6, 6.07) is 1.72. The molecular formula is C11H16N6. The van der Waals surface area contributed by atoms with Crippen LogP contribution in [0.5, 0.6) is 0 Å². The van der Waals surface area contributed by atoms with E-state index in [2.05, 4.69) is 15.1 Å². The molecule has 0 bridgehead atoms. The van der Waals surface area contributed by atoms with Gasteiger partial charge in [-0.1, -0.05) is 0 Å². The summed E-state index contributed by atoms with van der Waals surface area (Å²) in [4.78, 5) is 8.07. The summed E-state index contributed by atoms with van der Waals surface area (Å²) >= 11 is 0. The molecule has 2 heterocycles. The highest BCUT2D eigenvalue weighted by Crippen LogP contribution is 2.26. The van der Waals surface area contributed by atoms with Crippen LogP contribution in [0.25, 0.3) is 11.3 Å². The molecule has 0 unspecified atom stereocenters. The summed E-state index contributed by atoms with van der Waals surface area (Å²) in [6.07, 6.45) is 0. The van der Waals surface area contributed by atoms with Gasteiger partial charge < -0.3 is 11.5 Å². The van der Waals surface area contributed by atoms with Crippen LogP contribution in [0.15, 0.2) is 6.07 Å². The van der Waals surface area contributed by atoms with E-state index in [0.717, 1.165) is 29.2 Å². The van der Waals surface area contributed by atoms with Crippen LogP contribution < -0.4 is 11.5 Å². The van der Waals surface area contributed by atoms with Gasteiger partial charge in [-0.3, -0.25) is 4.68 Å². The molecule has 0 aromatic carbocycles. The molecule has 0 atom stereocenters. The predicted octanol–water partition coefficient (Wildman–Crippen LogP) is 1.14. The molecule has 0 aliphatic rings. The molecule has 4 N–H and O–H groups in total. The lowest BCUT2D eigenvalue weighted by atomic mass is 10.1. The molecule has 90 valence electrons. The molecule has 6 nitrogen and oxygen atoms in total. The second-order valence-electron chi connectivity index (χ2n) is 3.90. The van der Waals surface area contributed by atoms with E-state index in [1.807, 2.05) is 25.5 Å². The highest BCUT2D eigenvalue weighted by atomic mass is 15.3. The summed E-state index contributed by atoms with van der Waals surface area (Å²) < 4.78 is 1.93. The van der Waals surface area contributed by atoms with Crippen molar-refractivity contribution in [2.75, 3.05) is 11.5 Å². The van der Waals surface area contributed by atoms with Crippen molar-refractivity contribution in [3.63, 3.8) is 0 Å².